The molecule has 0 spiro atoms. The van der Waals surface area contributed by atoms with Crippen molar-refractivity contribution < 1.29 is 75.5 Å². The van der Waals surface area contributed by atoms with Crippen LogP contribution in [0.25, 0.3) is 0 Å². The number of carbonyl (C=O) groups excluding carboxylic acids is 1. The molecule has 0 radical (unpaired) electrons. The third kappa shape index (κ3) is 2.48. The number of carbonyl (C=O) groups is 1. The Hall–Kier alpha value is -2.19. The number of amides is 1. The minimum atomic E-state index is -4.63. The summed E-state index contributed by atoms with van der Waals surface area (Å²) in [6, 6.07) is 2.51. The zero-order valence-corrected chi connectivity index (χ0v) is 16.0. The van der Waals surface area contributed by atoms with Crippen molar-refractivity contribution in [1.82, 2.24) is 5.32 Å². The molecule has 0 aromatic heterocycles. The first-order chi connectivity index (χ1) is 14.3. The lowest BCUT2D eigenvalue weighted by Crippen LogP contribution is -2.70. The van der Waals surface area contributed by atoms with Gasteiger partial charge in [-0.15, -0.1) is 0 Å². The van der Waals surface area contributed by atoms with E-state index in [9.17, 15) is 66.1 Å². The molecule has 1 aliphatic heterocycles. The molecule has 1 amide bonds. The summed E-state index contributed by atoms with van der Waals surface area (Å²) in [6.07, 6.45) is 0. The van der Waals surface area contributed by atoms with Crippen LogP contribution >= 0.6 is 0 Å². The number of aliphatic hydroxyl groups is 12. The lowest BCUT2D eigenvalue weighted by atomic mass is 9.87. The highest BCUT2D eigenvalue weighted by Crippen LogP contribution is 2.55. The van der Waals surface area contributed by atoms with Crippen molar-refractivity contribution in [3.05, 3.63) is 23.8 Å². The summed E-state index contributed by atoms with van der Waals surface area (Å²) in [5.74, 6) is -29.2. The van der Waals surface area contributed by atoms with Gasteiger partial charge in [-0.1, -0.05) is 6.07 Å². The van der Waals surface area contributed by atoms with E-state index in [2.05, 4.69) is 0 Å². The summed E-state index contributed by atoms with van der Waals surface area (Å²) in [4.78, 5) is 11.6. The quantitative estimate of drug-likeness (QED) is 0.183. The molecule has 16 heteroatoms. The normalized spacial score (nSPS) is 30.6. The second-order valence-corrected chi connectivity index (χ2v) is 7.52. The largest absolute Gasteiger partial charge is 0.493 e. The van der Waals surface area contributed by atoms with Gasteiger partial charge in [-0.25, -0.2) is 0 Å². The van der Waals surface area contributed by atoms with Gasteiger partial charge in [-0.3, -0.25) is 4.79 Å². The third-order valence-electron chi connectivity index (χ3n) is 5.70. The third-order valence-corrected chi connectivity index (χ3v) is 5.70. The second kappa shape index (κ2) is 6.44. The van der Waals surface area contributed by atoms with Crippen molar-refractivity contribution in [2.45, 2.75) is 40.3 Å². The van der Waals surface area contributed by atoms with E-state index in [1.165, 1.54) is 0 Å². The van der Waals surface area contributed by atoms with E-state index in [1.807, 2.05) is 5.32 Å². The molecule has 13 N–H and O–H groups in total. The van der Waals surface area contributed by atoms with E-state index < -0.39 is 69.8 Å². The lowest BCUT2D eigenvalue weighted by Gasteiger charge is -2.39. The summed E-state index contributed by atoms with van der Waals surface area (Å²) >= 11 is 0. The predicted molar refractivity (Wildman–Crippen MR) is 91.3 cm³/mol. The van der Waals surface area contributed by atoms with Gasteiger partial charge in [0.05, 0.1) is 13.7 Å². The molecule has 1 unspecified atom stereocenters. The summed E-state index contributed by atoms with van der Waals surface area (Å²) in [7, 11) is 0.999. The molecule has 1 atom stereocenters. The molecule has 1 saturated carbocycles. The smallest absolute Gasteiger partial charge is 0.329 e. The van der Waals surface area contributed by atoms with Crippen LogP contribution in [0.5, 0.6) is 11.5 Å². The number of hydrogen-bond acceptors (Lipinski definition) is 15. The maximum Gasteiger partial charge on any atom is 0.329 e. The van der Waals surface area contributed by atoms with Gasteiger partial charge >= 0.3 is 5.79 Å². The summed E-state index contributed by atoms with van der Waals surface area (Å²) in [5, 5.41) is 122. The predicted octanol–water partition coefficient (Wildman–Crippen LogP) is -7.50. The zero-order chi connectivity index (χ0) is 24.8. The number of benzene rings is 1. The molecule has 1 aromatic carbocycles. The first kappa shape index (κ1) is 24.5. The molecular formula is C16H21NO15. The Morgan fingerprint density at radius 1 is 0.781 bits per heavy atom. The van der Waals surface area contributed by atoms with Crippen LogP contribution in [0.15, 0.2) is 18.2 Å². The highest BCUT2D eigenvalue weighted by molar-refractivity contribution is 5.87. The molecule has 0 bridgehead atoms. The van der Waals surface area contributed by atoms with Gasteiger partial charge < -0.3 is 76.1 Å². The minimum absolute atomic E-state index is 0.481. The van der Waals surface area contributed by atoms with E-state index >= 15 is 0 Å². The average Bonchev–Trinajstić information content (AvgIpc) is 2.92. The fourth-order valence-corrected chi connectivity index (χ4v) is 3.46. The van der Waals surface area contributed by atoms with Crippen LogP contribution < -0.4 is 14.8 Å². The van der Waals surface area contributed by atoms with E-state index in [4.69, 9.17) is 9.47 Å². The van der Waals surface area contributed by atoms with Crippen molar-refractivity contribution >= 4 is 5.91 Å². The minimum Gasteiger partial charge on any atom is -0.493 e. The Bertz CT molecular complexity index is 929. The Labute approximate surface area is 177 Å². The maximum atomic E-state index is 11.6. The van der Waals surface area contributed by atoms with Crippen molar-refractivity contribution in [2.75, 3.05) is 13.7 Å². The number of ether oxygens (including phenoxy) is 2. The van der Waals surface area contributed by atoms with Gasteiger partial charge in [0.25, 0.3) is 34.8 Å². The standard InChI is InChI=1S/C16H21NO15/c1-31-7-3-2-6(10(19)5-17-9(18)11(10,20)21)4-8(7)32-16(30)14(26,27)12(22,23)13(24,25)15(16,28)29/h2-4,19-30H,5H2,1H3,(H,17,18). The molecule has 2 fully saturated rings. The lowest BCUT2D eigenvalue weighted by molar-refractivity contribution is -0.452. The fourth-order valence-electron chi connectivity index (χ4n) is 3.46. The van der Waals surface area contributed by atoms with Crippen LogP contribution in [0.3, 0.4) is 0 Å². The molecule has 180 valence electrons. The highest BCUT2D eigenvalue weighted by atomic mass is 16.8. The Morgan fingerprint density at radius 2 is 1.28 bits per heavy atom. The van der Waals surface area contributed by atoms with Crippen molar-refractivity contribution in [1.29, 1.82) is 0 Å². The van der Waals surface area contributed by atoms with Crippen LogP contribution in [-0.2, 0) is 10.4 Å². The first-order valence-corrected chi connectivity index (χ1v) is 8.60. The topological polar surface area (TPSA) is 290 Å². The molecule has 1 heterocycles. The van der Waals surface area contributed by atoms with E-state index in [-0.39, 0.29) is 0 Å². The molecule has 2 aliphatic rings. The summed E-state index contributed by atoms with van der Waals surface area (Å²) in [6.45, 7) is -0.754. The molecular weight excluding hydrogens is 446 g/mol. The van der Waals surface area contributed by atoms with Crippen molar-refractivity contribution in [3.8, 4) is 11.5 Å². The molecule has 1 aromatic rings. The molecule has 32 heavy (non-hydrogen) atoms. The second-order valence-electron chi connectivity index (χ2n) is 7.52. The summed E-state index contributed by atoms with van der Waals surface area (Å²) in [5.41, 5.74) is -3.30. The first-order valence-electron chi connectivity index (χ1n) is 8.60. The maximum absolute atomic E-state index is 11.6. The van der Waals surface area contributed by atoms with Crippen molar-refractivity contribution in [2.24, 2.45) is 0 Å². The van der Waals surface area contributed by atoms with Gasteiger partial charge in [0.2, 0.25) is 0 Å². The number of methoxy groups -OCH3 is 1. The van der Waals surface area contributed by atoms with Gasteiger partial charge in [-0.2, -0.15) is 0 Å². The molecule has 1 aliphatic carbocycles. The van der Waals surface area contributed by atoms with Gasteiger partial charge in [0, 0.05) is 0 Å². The average molecular weight is 467 g/mol. The van der Waals surface area contributed by atoms with E-state index in [0.29, 0.717) is 6.07 Å². The highest BCUT2D eigenvalue weighted by Gasteiger charge is 2.93. The van der Waals surface area contributed by atoms with E-state index in [0.717, 1.165) is 19.2 Å². The van der Waals surface area contributed by atoms with Crippen LogP contribution in [0.1, 0.15) is 5.56 Å². The molecule has 1 saturated heterocycles. The van der Waals surface area contributed by atoms with Crippen LogP contribution in [0, 0.1) is 0 Å². The number of hydrogen-bond donors (Lipinski definition) is 13. The number of rotatable bonds is 4. The molecule has 3 rings (SSSR count). The number of β-amino-alcohol motifs (C(OH)–C–C–N with tert-alkyl or cyclic N) is 1. The van der Waals surface area contributed by atoms with Crippen LogP contribution in [-0.4, -0.2) is 116 Å². The van der Waals surface area contributed by atoms with E-state index in [1.54, 1.807) is 0 Å². The molecule has 16 nitrogen and oxygen atoms in total. The zero-order valence-electron chi connectivity index (χ0n) is 16.0. The Kier molecular flexibility index (Phi) is 4.92. The van der Waals surface area contributed by atoms with Crippen LogP contribution in [0.4, 0.5) is 0 Å². The SMILES string of the molecule is COc1ccc(C2(O)CNC(=O)C2(O)O)cc1OC1(O)C(O)(O)C(O)(O)C(O)(O)C1(O)O. The Balaban J connectivity index is 2.17. The van der Waals surface area contributed by atoms with Gasteiger partial charge in [0.15, 0.2) is 17.1 Å². The van der Waals surface area contributed by atoms with Crippen LogP contribution in [0.2, 0.25) is 0 Å². The summed E-state index contributed by atoms with van der Waals surface area (Å²) < 4.78 is 9.60. The monoisotopic (exact) mass is 467 g/mol. The van der Waals surface area contributed by atoms with Gasteiger partial charge in [-0.05, 0) is 17.7 Å². The number of nitrogens with one attached hydrogen (secondary N) is 1. The fraction of sp³-hybridized carbons (Fsp3) is 0.562. The van der Waals surface area contributed by atoms with Crippen molar-refractivity contribution in [3.63, 3.8) is 0 Å². The Morgan fingerprint density at radius 3 is 1.69 bits per heavy atom. The van der Waals surface area contributed by atoms with Gasteiger partial charge in [0.1, 0.15) is 0 Å².